The molecule has 3 aliphatic carbocycles. The van der Waals surface area contributed by atoms with Crippen LogP contribution < -0.4 is 21.3 Å². The summed E-state index contributed by atoms with van der Waals surface area (Å²) >= 11 is 0. The summed E-state index contributed by atoms with van der Waals surface area (Å²) in [4.78, 5) is 93.4. The lowest BCUT2D eigenvalue weighted by molar-refractivity contribution is -0.144. The molecule has 0 heterocycles. The van der Waals surface area contributed by atoms with Crippen molar-refractivity contribution in [1.82, 2.24) is 26.2 Å². The highest BCUT2D eigenvalue weighted by atomic mass is 16.5. The molecule has 3 unspecified atom stereocenters. The second-order valence-electron chi connectivity index (χ2n) is 15.8. The second-order valence-corrected chi connectivity index (χ2v) is 15.8. The average Bonchev–Trinajstić information content (AvgIpc) is 4.09. The lowest BCUT2D eigenvalue weighted by Gasteiger charge is -2.35. The number of Topliss-reactive ketones (excluding diaryl/α,β-unsaturated/α-hetero) is 1. The van der Waals surface area contributed by atoms with Gasteiger partial charge in [0.15, 0.2) is 12.6 Å². The number of carbonyl (C=O) groups is 7. The van der Waals surface area contributed by atoms with E-state index in [-0.39, 0.29) is 36.2 Å². The summed E-state index contributed by atoms with van der Waals surface area (Å²) in [6.07, 6.45) is 7.51. The molecule has 54 heavy (non-hydrogen) atoms. The fourth-order valence-electron chi connectivity index (χ4n) is 6.64. The van der Waals surface area contributed by atoms with Crippen LogP contribution in [-0.4, -0.2) is 89.8 Å². The van der Waals surface area contributed by atoms with Gasteiger partial charge in [-0.05, 0) is 69.8 Å². The summed E-state index contributed by atoms with van der Waals surface area (Å²) < 4.78 is 5.30. The zero-order valence-corrected chi connectivity index (χ0v) is 31.8. The predicted octanol–water partition coefficient (Wildman–Crippen LogP) is 3.25. The average molecular weight is 750 g/mol. The minimum atomic E-state index is -1.36. The minimum Gasteiger partial charge on any atom is -0.479 e. The number of hydrogen-bond donors (Lipinski definition) is 5. The first-order valence-electron chi connectivity index (χ1n) is 19.0. The van der Waals surface area contributed by atoms with E-state index in [1.54, 1.807) is 30.3 Å². The molecule has 0 radical (unpaired) electrons. The molecule has 4 rings (SSSR count). The summed E-state index contributed by atoms with van der Waals surface area (Å²) in [5, 5.41) is 19.7. The van der Waals surface area contributed by atoms with Gasteiger partial charge in [-0.3, -0.25) is 24.0 Å². The number of carboxylic acids is 1. The largest absolute Gasteiger partial charge is 0.479 e. The molecule has 5 N–H and O–H groups in total. The van der Waals surface area contributed by atoms with Crippen LogP contribution in [0.4, 0.5) is 4.79 Å². The van der Waals surface area contributed by atoms with E-state index in [1.807, 2.05) is 20.8 Å². The van der Waals surface area contributed by atoms with Gasteiger partial charge in [0.25, 0.3) is 5.91 Å². The number of amides is 5. The number of carboxylic acid groups (broad SMARTS) is 1. The number of likely N-dealkylation sites (N-methyl/N-ethyl adjacent to an activating group) is 1. The monoisotopic (exact) mass is 749 g/mol. The van der Waals surface area contributed by atoms with Crippen LogP contribution in [0, 0.1) is 35.0 Å². The first kappa shape index (κ1) is 41.8. The van der Waals surface area contributed by atoms with Gasteiger partial charge < -0.3 is 36.0 Å². The zero-order valence-electron chi connectivity index (χ0n) is 31.8. The molecule has 3 saturated carbocycles. The van der Waals surface area contributed by atoms with E-state index in [4.69, 9.17) is 4.74 Å². The maximum Gasteiger partial charge on any atom is 0.408 e. The van der Waals surface area contributed by atoms with Crippen molar-refractivity contribution in [2.24, 2.45) is 23.2 Å². The van der Waals surface area contributed by atoms with Crippen molar-refractivity contribution in [1.29, 1.82) is 0 Å². The van der Waals surface area contributed by atoms with Crippen molar-refractivity contribution in [2.75, 3.05) is 20.2 Å². The van der Waals surface area contributed by atoms with Gasteiger partial charge in [-0.1, -0.05) is 87.1 Å². The predicted molar refractivity (Wildman–Crippen MR) is 198 cm³/mol. The molecule has 0 aromatic heterocycles. The Bertz CT molecular complexity index is 1580. The number of ketones is 1. The van der Waals surface area contributed by atoms with Crippen molar-refractivity contribution in [3.63, 3.8) is 0 Å². The second kappa shape index (κ2) is 19.4. The van der Waals surface area contributed by atoms with Crippen LogP contribution in [0.25, 0.3) is 0 Å². The zero-order chi connectivity index (χ0) is 39.4. The molecule has 1 aromatic rings. The van der Waals surface area contributed by atoms with Crippen LogP contribution in [0.15, 0.2) is 30.3 Å². The minimum absolute atomic E-state index is 0.123. The van der Waals surface area contributed by atoms with E-state index in [0.29, 0.717) is 12.0 Å². The van der Waals surface area contributed by atoms with Crippen molar-refractivity contribution in [3.05, 3.63) is 35.9 Å². The molecule has 14 heteroatoms. The maximum atomic E-state index is 14.2. The lowest BCUT2D eigenvalue weighted by atomic mass is 9.83. The first-order chi connectivity index (χ1) is 25.6. The molecule has 4 atom stereocenters. The molecule has 3 aliphatic rings. The summed E-state index contributed by atoms with van der Waals surface area (Å²) in [7, 11) is 1.52. The van der Waals surface area contributed by atoms with Crippen molar-refractivity contribution >= 4 is 41.5 Å². The fraction of sp³-hybridized carbons (Fsp3) is 0.625. The highest BCUT2D eigenvalue weighted by Crippen LogP contribution is 2.36. The molecule has 0 aliphatic heterocycles. The Kier molecular flexibility index (Phi) is 15.0. The fourth-order valence-corrected chi connectivity index (χ4v) is 6.64. The van der Waals surface area contributed by atoms with E-state index in [2.05, 4.69) is 33.1 Å². The van der Waals surface area contributed by atoms with Gasteiger partial charge in [-0.15, -0.1) is 0 Å². The number of carbonyl (C=O) groups excluding carboxylic acids is 6. The van der Waals surface area contributed by atoms with Gasteiger partial charge in [0, 0.05) is 12.5 Å². The molecular weight excluding hydrogens is 694 g/mol. The molecule has 294 valence electrons. The first-order valence-corrected chi connectivity index (χ1v) is 19.0. The number of aliphatic carboxylic acids is 1. The molecule has 0 spiro atoms. The third kappa shape index (κ3) is 13.5. The molecule has 3 fully saturated rings. The van der Waals surface area contributed by atoms with Gasteiger partial charge in [0.05, 0.1) is 12.6 Å². The van der Waals surface area contributed by atoms with Crippen LogP contribution in [0.2, 0.25) is 0 Å². The number of rotatable bonds is 18. The molecule has 0 saturated heterocycles. The SMILES string of the molecule is CN(C(=O)C(NC(=O)OCC#CC(C)(C)C)C1CCCCC1)[C@@H](CC1CC1)C(=O)NC(CC1CC1)C(=O)C(=O)NCC(=O)NC(C(=O)O)c1ccccc1. The van der Waals surface area contributed by atoms with Crippen LogP contribution in [0.3, 0.4) is 0 Å². The highest BCUT2D eigenvalue weighted by Gasteiger charge is 2.41. The number of nitrogens with one attached hydrogen (secondary N) is 4. The van der Waals surface area contributed by atoms with E-state index in [0.717, 1.165) is 57.8 Å². The van der Waals surface area contributed by atoms with Crippen LogP contribution in [0.5, 0.6) is 0 Å². The van der Waals surface area contributed by atoms with E-state index in [1.165, 1.54) is 11.9 Å². The van der Waals surface area contributed by atoms with E-state index >= 15 is 0 Å². The standard InChI is InChI=1S/C40H55N5O9/c1-40(2,3)20-11-21-54-39(53)44-32(27-12-7-5-8-13-27)37(50)45(4)30(23-26-18-19-26)35(48)42-29(22-25-16-17-25)34(47)36(49)41-24-31(46)43-33(38(51)52)28-14-9-6-10-15-28/h6,9-10,14-15,25-27,29-30,32-33H,5,7-8,12-13,16-19,21-24H2,1-4H3,(H,41,49)(H,42,48)(H,43,46)(H,44,53)(H,51,52)/t29?,30-,32?,33?/m0/s1. The van der Waals surface area contributed by atoms with Gasteiger partial charge in [0.1, 0.15) is 12.1 Å². The van der Waals surface area contributed by atoms with Gasteiger partial charge in [0.2, 0.25) is 23.5 Å². The third-order valence-electron chi connectivity index (χ3n) is 9.99. The summed E-state index contributed by atoms with van der Waals surface area (Å²) in [6.45, 7) is 5.02. The van der Waals surface area contributed by atoms with Gasteiger partial charge >= 0.3 is 12.1 Å². The van der Waals surface area contributed by atoms with Crippen molar-refractivity contribution < 1.29 is 43.4 Å². The molecule has 1 aromatic carbocycles. The molecule has 14 nitrogen and oxygen atoms in total. The van der Waals surface area contributed by atoms with Crippen molar-refractivity contribution in [2.45, 2.75) is 116 Å². The number of nitrogens with zero attached hydrogens (tertiary/aromatic N) is 1. The Morgan fingerprint density at radius 3 is 2.09 bits per heavy atom. The number of benzene rings is 1. The van der Waals surface area contributed by atoms with Crippen LogP contribution >= 0.6 is 0 Å². The number of alkyl carbamates (subject to hydrolysis) is 1. The lowest BCUT2D eigenvalue weighted by Crippen LogP contribution is -2.59. The Morgan fingerprint density at radius 1 is 0.870 bits per heavy atom. The normalized spacial score (nSPS) is 17.9. The Labute approximate surface area is 317 Å². The topological polar surface area (TPSA) is 200 Å². The van der Waals surface area contributed by atoms with Crippen molar-refractivity contribution in [3.8, 4) is 11.8 Å². The maximum absolute atomic E-state index is 14.2. The smallest absolute Gasteiger partial charge is 0.408 e. The summed E-state index contributed by atoms with van der Waals surface area (Å²) in [5.74, 6) is 0.812. The molecular formula is C40H55N5O9. The number of hydrogen-bond acceptors (Lipinski definition) is 8. The van der Waals surface area contributed by atoms with E-state index in [9.17, 15) is 38.7 Å². The quantitative estimate of drug-likeness (QED) is 0.110. The highest BCUT2D eigenvalue weighted by molar-refractivity contribution is 6.38. The number of ether oxygens (including phenoxy) is 1. The Balaban J connectivity index is 1.42. The van der Waals surface area contributed by atoms with Gasteiger partial charge in [-0.2, -0.15) is 0 Å². The summed E-state index contributed by atoms with van der Waals surface area (Å²) in [6, 6.07) is 3.58. The molecule has 0 bridgehead atoms. The Hall–Kier alpha value is -4.93. The van der Waals surface area contributed by atoms with Crippen LogP contribution in [-0.2, 0) is 33.5 Å². The van der Waals surface area contributed by atoms with Crippen LogP contribution in [0.1, 0.15) is 103 Å². The summed E-state index contributed by atoms with van der Waals surface area (Å²) in [5.41, 5.74) is 0.0679. The Morgan fingerprint density at radius 2 is 1.50 bits per heavy atom. The van der Waals surface area contributed by atoms with Gasteiger partial charge in [-0.25, -0.2) is 9.59 Å². The third-order valence-corrected chi connectivity index (χ3v) is 9.99. The molecule has 5 amide bonds. The van der Waals surface area contributed by atoms with E-state index < -0.39 is 72.2 Å².